The van der Waals surface area contributed by atoms with Crippen LogP contribution in [-0.4, -0.2) is 24.9 Å². The number of nitrogens with two attached hydrogens (primary N) is 2. The maximum atomic E-state index is 10.4. The van der Waals surface area contributed by atoms with Crippen LogP contribution in [-0.2, 0) is 10.1 Å². The van der Waals surface area contributed by atoms with Crippen LogP contribution >= 0.6 is 0 Å². The molecular formula is C10H24N2O3S. The third-order valence-electron chi connectivity index (χ3n) is 2.44. The lowest BCUT2D eigenvalue weighted by molar-refractivity contribution is 0.478. The summed E-state index contributed by atoms with van der Waals surface area (Å²) < 4.78 is 29.3. The molecule has 0 rings (SSSR count). The highest BCUT2D eigenvalue weighted by Gasteiger charge is 2.02. The third kappa shape index (κ3) is 13.8. The monoisotopic (exact) mass is 252 g/mol. The minimum absolute atomic E-state index is 0.116. The maximum absolute atomic E-state index is 10.4. The topological polar surface area (TPSA) is 106 Å². The smallest absolute Gasteiger partial charge is 0.264 e. The number of rotatable bonds is 10. The van der Waals surface area contributed by atoms with Crippen LogP contribution in [0, 0.1) is 0 Å². The lowest BCUT2D eigenvalue weighted by Crippen LogP contribution is -2.29. The van der Waals surface area contributed by atoms with Crippen molar-refractivity contribution in [3.8, 4) is 0 Å². The van der Waals surface area contributed by atoms with Gasteiger partial charge in [-0.1, -0.05) is 38.5 Å². The molecule has 0 amide bonds. The zero-order valence-electron chi connectivity index (χ0n) is 9.77. The van der Waals surface area contributed by atoms with E-state index < -0.39 is 10.1 Å². The van der Waals surface area contributed by atoms with Crippen molar-refractivity contribution in [2.45, 2.75) is 57.5 Å². The zero-order chi connectivity index (χ0) is 12.4. The van der Waals surface area contributed by atoms with Gasteiger partial charge >= 0.3 is 0 Å². The SMILES string of the molecule is NC(N)CCCCCCCCCS(=O)(=O)O. The molecule has 0 aromatic rings. The van der Waals surface area contributed by atoms with Gasteiger partial charge in [0.1, 0.15) is 0 Å². The molecule has 0 spiro atoms. The second kappa shape index (κ2) is 8.92. The van der Waals surface area contributed by atoms with Gasteiger partial charge in [-0.15, -0.1) is 0 Å². The second-order valence-electron chi connectivity index (χ2n) is 4.21. The van der Waals surface area contributed by atoms with Crippen molar-refractivity contribution in [3.05, 3.63) is 0 Å². The van der Waals surface area contributed by atoms with Crippen LogP contribution in [0.1, 0.15) is 51.4 Å². The minimum atomic E-state index is -3.76. The number of unbranched alkanes of at least 4 members (excludes halogenated alkanes) is 6. The molecule has 0 saturated heterocycles. The van der Waals surface area contributed by atoms with Crippen LogP contribution in [0.5, 0.6) is 0 Å². The molecule has 0 saturated carbocycles. The minimum Gasteiger partial charge on any atom is -0.316 e. The first kappa shape index (κ1) is 15.8. The third-order valence-corrected chi connectivity index (χ3v) is 3.24. The number of hydrogen-bond donors (Lipinski definition) is 3. The van der Waals surface area contributed by atoms with E-state index >= 15 is 0 Å². The van der Waals surface area contributed by atoms with E-state index in [2.05, 4.69) is 0 Å². The van der Waals surface area contributed by atoms with Crippen LogP contribution in [0.3, 0.4) is 0 Å². The summed E-state index contributed by atoms with van der Waals surface area (Å²) in [4.78, 5) is 0. The molecule has 0 bridgehead atoms. The van der Waals surface area contributed by atoms with E-state index in [1.165, 1.54) is 0 Å². The van der Waals surface area contributed by atoms with Gasteiger partial charge in [0.2, 0.25) is 0 Å². The Bertz CT molecular complexity index is 253. The summed E-state index contributed by atoms with van der Waals surface area (Å²) in [5.74, 6) is -0.116. The normalized spacial score (nSPS) is 12.2. The molecule has 0 radical (unpaired) electrons. The van der Waals surface area contributed by atoms with E-state index in [4.69, 9.17) is 16.0 Å². The zero-order valence-corrected chi connectivity index (χ0v) is 10.6. The van der Waals surface area contributed by atoms with Crippen LogP contribution < -0.4 is 11.5 Å². The van der Waals surface area contributed by atoms with E-state index in [9.17, 15) is 8.42 Å². The van der Waals surface area contributed by atoms with E-state index in [-0.39, 0.29) is 11.9 Å². The summed E-state index contributed by atoms with van der Waals surface area (Å²) in [7, 11) is -3.76. The van der Waals surface area contributed by atoms with Gasteiger partial charge in [0.05, 0.1) is 11.9 Å². The maximum Gasteiger partial charge on any atom is 0.264 e. The molecule has 0 aliphatic heterocycles. The molecular weight excluding hydrogens is 228 g/mol. The van der Waals surface area contributed by atoms with Crippen molar-refractivity contribution in [1.82, 2.24) is 0 Å². The van der Waals surface area contributed by atoms with Crippen LogP contribution in [0.4, 0.5) is 0 Å². The average Bonchev–Trinajstić information content (AvgIpc) is 2.13. The Morgan fingerprint density at radius 2 is 1.31 bits per heavy atom. The predicted octanol–water partition coefficient (Wildman–Crippen LogP) is 1.24. The fourth-order valence-electron chi connectivity index (χ4n) is 1.55. The highest BCUT2D eigenvalue weighted by Crippen LogP contribution is 2.09. The van der Waals surface area contributed by atoms with Crippen LogP contribution in [0.2, 0.25) is 0 Å². The van der Waals surface area contributed by atoms with Crippen molar-refractivity contribution in [2.75, 3.05) is 5.75 Å². The Kier molecular flexibility index (Phi) is 8.83. The van der Waals surface area contributed by atoms with E-state index in [0.717, 1.165) is 44.9 Å². The first-order valence-corrected chi connectivity index (χ1v) is 7.49. The van der Waals surface area contributed by atoms with E-state index in [1.807, 2.05) is 0 Å². The first-order valence-electron chi connectivity index (χ1n) is 5.88. The summed E-state index contributed by atoms with van der Waals surface area (Å²) in [6.07, 6.45) is 7.51. The van der Waals surface area contributed by atoms with Crippen LogP contribution in [0.25, 0.3) is 0 Å². The van der Waals surface area contributed by atoms with Gasteiger partial charge < -0.3 is 11.5 Å². The molecule has 16 heavy (non-hydrogen) atoms. The summed E-state index contributed by atoms with van der Waals surface area (Å²) in [6.45, 7) is 0. The molecule has 0 aromatic heterocycles. The van der Waals surface area contributed by atoms with Crippen molar-refractivity contribution < 1.29 is 13.0 Å². The molecule has 0 aliphatic carbocycles. The largest absolute Gasteiger partial charge is 0.316 e. The van der Waals surface area contributed by atoms with Crippen LogP contribution in [0.15, 0.2) is 0 Å². The average molecular weight is 252 g/mol. The quantitative estimate of drug-likeness (QED) is 0.308. The second-order valence-corrected chi connectivity index (χ2v) is 5.79. The Hall–Kier alpha value is -0.170. The first-order chi connectivity index (χ1) is 7.42. The predicted molar refractivity (Wildman–Crippen MR) is 65.5 cm³/mol. The van der Waals surface area contributed by atoms with E-state index in [0.29, 0.717) is 6.42 Å². The fraction of sp³-hybridized carbons (Fsp3) is 1.00. The highest BCUT2D eigenvalue weighted by molar-refractivity contribution is 7.85. The Balaban J connectivity index is 3.10. The standard InChI is InChI=1S/C10H24N2O3S/c11-10(12)8-6-4-2-1-3-5-7-9-16(13,14)15/h10H,1-9,11-12H2,(H,13,14,15). The summed E-state index contributed by atoms with van der Waals surface area (Å²) in [5.41, 5.74) is 10.8. The molecule has 5 N–H and O–H groups in total. The Morgan fingerprint density at radius 1 is 0.875 bits per heavy atom. The van der Waals surface area contributed by atoms with Crippen molar-refractivity contribution in [3.63, 3.8) is 0 Å². The van der Waals surface area contributed by atoms with Gasteiger partial charge in [-0.05, 0) is 12.8 Å². The molecule has 0 atom stereocenters. The summed E-state index contributed by atoms with van der Waals surface area (Å²) in [6, 6.07) is 0. The van der Waals surface area contributed by atoms with Gasteiger partial charge in [-0.3, -0.25) is 4.55 Å². The van der Waals surface area contributed by atoms with Gasteiger partial charge in [-0.25, -0.2) is 0 Å². The molecule has 0 heterocycles. The van der Waals surface area contributed by atoms with Gasteiger partial charge in [0, 0.05) is 0 Å². The van der Waals surface area contributed by atoms with E-state index in [1.54, 1.807) is 0 Å². The fourth-order valence-corrected chi connectivity index (χ4v) is 2.12. The Labute approximate surface area is 98.3 Å². The highest BCUT2D eigenvalue weighted by atomic mass is 32.2. The molecule has 0 aromatic carbocycles. The van der Waals surface area contributed by atoms with Gasteiger partial charge in [0.25, 0.3) is 10.1 Å². The molecule has 98 valence electrons. The lowest BCUT2D eigenvalue weighted by Gasteiger charge is -2.04. The molecule has 0 aliphatic rings. The summed E-state index contributed by atoms with van der Waals surface area (Å²) >= 11 is 0. The Morgan fingerprint density at radius 3 is 1.75 bits per heavy atom. The lowest BCUT2D eigenvalue weighted by atomic mass is 10.1. The number of hydrogen-bond acceptors (Lipinski definition) is 4. The summed E-state index contributed by atoms with van der Waals surface area (Å²) in [5, 5.41) is 0. The van der Waals surface area contributed by atoms with Crippen molar-refractivity contribution in [2.24, 2.45) is 11.5 Å². The van der Waals surface area contributed by atoms with Gasteiger partial charge in [0.15, 0.2) is 0 Å². The van der Waals surface area contributed by atoms with Crippen molar-refractivity contribution >= 4 is 10.1 Å². The molecule has 0 unspecified atom stereocenters. The van der Waals surface area contributed by atoms with Crippen molar-refractivity contribution in [1.29, 1.82) is 0 Å². The molecule has 6 heteroatoms. The molecule has 0 fully saturated rings. The van der Waals surface area contributed by atoms with Gasteiger partial charge in [-0.2, -0.15) is 8.42 Å². The molecule has 5 nitrogen and oxygen atoms in total.